The Bertz CT molecular complexity index is 716. The van der Waals surface area contributed by atoms with Gasteiger partial charge in [-0.1, -0.05) is 0 Å². The summed E-state index contributed by atoms with van der Waals surface area (Å²) in [5.74, 6) is 5.36. The van der Waals surface area contributed by atoms with Gasteiger partial charge in [-0.05, 0) is 28.9 Å². The number of hydrazine groups is 1. The van der Waals surface area contributed by atoms with Gasteiger partial charge in [0.15, 0.2) is 5.82 Å². The van der Waals surface area contributed by atoms with E-state index in [1.807, 2.05) is 6.92 Å². The molecular formula is C10H12BrN5O2S2. The normalized spacial score (nSPS) is 11.6. The number of aromatic nitrogens is 2. The van der Waals surface area contributed by atoms with E-state index in [1.165, 1.54) is 23.6 Å². The van der Waals surface area contributed by atoms with E-state index >= 15 is 0 Å². The first-order valence-electron chi connectivity index (χ1n) is 5.45. The van der Waals surface area contributed by atoms with Crippen LogP contribution in [0, 0.1) is 6.92 Å². The van der Waals surface area contributed by atoms with Crippen LogP contribution >= 0.6 is 27.3 Å². The summed E-state index contributed by atoms with van der Waals surface area (Å²) >= 11 is 4.65. The van der Waals surface area contributed by atoms with Crippen LogP contribution in [0.4, 0.5) is 5.82 Å². The Balaban J connectivity index is 2.24. The van der Waals surface area contributed by atoms with Gasteiger partial charge in [0.1, 0.15) is 4.90 Å². The number of anilines is 1. The van der Waals surface area contributed by atoms with Gasteiger partial charge in [-0.2, -0.15) is 0 Å². The molecular weight excluding hydrogens is 366 g/mol. The monoisotopic (exact) mass is 377 g/mol. The van der Waals surface area contributed by atoms with Gasteiger partial charge in [0.2, 0.25) is 10.0 Å². The quantitative estimate of drug-likeness (QED) is 0.536. The Kier molecular flexibility index (Phi) is 4.70. The number of hydrogen-bond acceptors (Lipinski definition) is 7. The van der Waals surface area contributed by atoms with Gasteiger partial charge in [0.05, 0.1) is 17.2 Å². The average molecular weight is 378 g/mol. The number of sulfonamides is 1. The van der Waals surface area contributed by atoms with Gasteiger partial charge >= 0.3 is 0 Å². The van der Waals surface area contributed by atoms with Crippen molar-refractivity contribution in [1.29, 1.82) is 0 Å². The number of thiazole rings is 1. The van der Waals surface area contributed by atoms with Crippen molar-refractivity contribution in [3.63, 3.8) is 0 Å². The minimum absolute atomic E-state index is 0.0265. The molecule has 0 atom stereocenters. The van der Waals surface area contributed by atoms with E-state index in [0.29, 0.717) is 10.2 Å². The Labute approximate surface area is 128 Å². The van der Waals surface area contributed by atoms with Crippen molar-refractivity contribution >= 4 is 43.1 Å². The van der Waals surface area contributed by atoms with Gasteiger partial charge in [-0.3, -0.25) is 0 Å². The van der Waals surface area contributed by atoms with Crippen molar-refractivity contribution in [3.05, 3.63) is 32.8 Å². The molecule has 2 aromatic heterocycles. The average Bonchev–Trinajstić information content (AvgIpc) is 2.82. The summed E-state index contributed by atoms with van der Waals surface area (Å²) in [6.07, 6.45) is 1.46. The molecule has 0 saturated heterocycles. The summed E-state index contributed by atoms with van der Waals surface area (Å²) in [5.41, 5.74) is 2.93. The lowest BCUT2D eigenvalue weighted by molar-refractivity contribution is 0.580. The highest BCUT2D eigenvalue weighted by Crippen LogP contribution is 2.22. The number of nitrogens with two attached hydrogens (primary N) is 1. The van der Waals surface area contributed by atoms with Crippen molar-refractivity contribution < 1.29 is 8.42 Å². The lowest BCUT2D eigenvalue weighted by Gasteiger charge is -2.10. The number of nitrogens with one attached hydrogen (secondary N) is 2. The van der Waals surface area contributed by atoms with Crippen LogP contribution in [0.2, 0.25) is 0 Å². The molecule has 0 bridgehead atoms. The van der Waals surface area contributed by atoms with E-state index < -0.39 is 10.0 Å². The number of pyridine rings is 1. The van der Waals surface area contributed by atoms with Gasteiger partial charge in [-0.15, -0.1) is 11.3 Å². The second kappa shape index (κ2) is 6.14. The van der Waals surface area contributed by atoms with E-state index in [9.17, 15) is 8.42 Å². The summed E-state index contributed by atoms with van der Waals surface area (Å²) in [6.45, 7) is 1.97. The van der Waals surface area contributed by atoms with Crippen LogP contribution in [0.3, 0.4) is 0 Å². The summed E-state index contributed by atoms with van der Waals surface area (Å²) in [6, 6.07) is 1.43. The Morgan fingerprint density at radius 3 is 2.85 bits per heavy atom. The minimum Gasteiger partial charge on any atom is -0.307 e. The van der Waals surface area contributed by atoms with Gasteiger partial charge in [0.25, 0.3) is 0 Å². The molecule has 0 aromatic carbocycles. The number of aryl methyl sites for hydroxylation is 1. The van der Waals surface area contributed by atoms with Gasteiger partial charge < -0.3 is 5.43 Å². The summed E-state index contributed by atoms with van der Waals surface area (Å²) < 4.78 is 27.5. The third kappa shape index (κ3) is 3.52. The first-order chi connectivity index (χ1) is 9.42. The first kappa shape index (κ1) is 15.3. The lowest BCUT2D eigenvalue weighted by Crippen LogP contribution is -2.25. The van der Waals surface area contributed by atoms with Crippen molar-refractivity contribution in [2.45, 2.75) is 18.4 Å². The molecule has 108 valence electrons. The Morgan fingerprint density at radius 2 is 2.25 bits per heavy atom. The maximum Gasteiger partial charge on any atom is 0.244 e. The molecule has 0 spiro atoms. The van der Waals surface area contributed by atoms with Gasteiger partial charge in [-0.25, -0.2) is 29.0 Å². The van der Waals surface area contributed by atoms with E-state index in [1.54, 1.807) is 5.38 Å². The molecule has 0 aliphatic carbocycles. The predicted octanol–water partition coefficient (Wildman–Crippen LogP) is 1.37. The molecule has 7 nitrogen and oxygen atoms in total. The SMILES string of the molecule is Cc1nc(CNS(=O)(=O)c2cc(Br)cnc2NN)cs1. The second-order valence-electron chi connectivity index (χ2n) is 3.83. The van der Waals surface area contributed by atoms with Crippen LogP contribution < -0.4 is 16.0 Å². The van der Waals surface area contributed by atoms with E-state index in [-0.39, 0.29) is 17.3 Å². The molecule has 0 fully saturated rings. The summed E-state index contributed by atoms with van der Waals surface area (Å²) in [7, 11) is -3.73. The standard InChI is InChI=1S/C10H12BrN5O2S2/c1-6-15-8(5-19-6)4-14-20(17,18)9-2-7(11)3-13-10(9)16-12/h2-3,5,14H,4,12H2,1H3,(H,13,16). The van der Waals surface area contributed by atoms with Crippen LogP contribution in [-0.4, -0.2) is 18.4 Å². The number of nitrogens with zero attached hydrogens (tertiary/aromatic N) is 2. The Morgan fingerprint density at radius 1 is 1.50 bits per heavy atom. The third-order valence-electron chi connectivity index (χ3n) is 2.36. The molecule has 2 aromatic rings. The summed E-state index contributed by atoms with van der Waals surface area (Å²) in [4.78, 5) is 8.07. The molecule has 2 rings (SSSR count). The topological polar surface area (TPSA) is 110 Å². The number of nitrogen functional groups attached to an aromatic ring is 1. The third-order valence-corrected chi connectivity index (χ3v) is 5.03. The zero-order valence-electron chi connectivity index (χ0n) is 10.4. The predicted molar refractivity (Wildman–Crippen MR) is 80.6 cm³/mol. The largest absolute Gasteiger partial charge is 0.307 e. The molecule has 10 heteroatoms. The molecule has 4 N–H and O–H groups in total. The number of hydrogen-bond donors (Lipinski definition) is 3. The zero-order chi connectivity index (χ0) is 14.8. The highest BCUT2D eigenvalue weighted by Gasteiger charge is 2.20. The highest BCUT2D eigenvalue weighted by atomic mass is 79.9. The smallest absolute Gasteiger partial charge is 0.244 e. The maximum absolute atomic E-state index is 12.3. The molecule has 0 amide bonds. The molecule has 0 aliphatic heterocycles. The van der Waals surface area contributed by atoms with Crippen LogP contribution in [0.5, 0.6) is 0 Å². The summed E-state index contributed by atoms with van der Waals surface area (Å²) in [5, 5.41) is 2.69. The van der Waals surface area contributed by atoms with Crippen LogP contribution in [0.1, 0.15) is 10.7 Å². The fourth-order valence-electron chi connectivity index (χ4n) is 1.47. The molecule has 0 saturated carbocycles. The maximum atomic E-state index is 12.3. The van der Waals surface area contributed by atoms with Crippen molar-refractivity contribution in [2.75, 3.05) is 5.43 Å². The molecule has 0 unspecified atom stereocenters. The van der Waals surface area contributed by atoms with Crippen LogP contribution in [0.25, 0.3) is 0 Å². The number of rotatable bonds is 5. The van der Waals surface area contributed by atoms with Crippen molar-refractivity contribution in [3.8, 4) is 0 Å². The molecule has 2 heterocycles. The molecule has 0 radical (unpaired) electrons. The van der Waals surface area contributed by atoms with Crippen molar-refractivity contribution in [1.82, 2.24) is 14.7 Å². The highest BCUT2D eigenvalue weighted by molar-refractivity contribution is 9.10. The van der Waals surface area contributed by atoms with E-state index in [4.69, 9.17) is 5.84 Å². The fourth-order valence-corrected chi connectivity index (χ4v) is 3.71. The minimum atomic E-state index is -3.73. The first-order valence-corrected chi connectivity index (χ1v) is 8.61. The van der Waals surface area contributed by atoms with Crippen molar-refractivity contribution in [2.24, 2.45) is 5.84 Å². The van der Waals surface area contributed by atoms with Gasteiger partial charge in [0, 0.05) is 16.0 Å². The van der Waals surface area contributed by atoms with Crippen LogP contribution in [-0.2, 0) is 16.6 Å². The van der Waals surface area contributed by atoms with E-state index in [0.717, 1.165) is 5.01 Å². The molecule has 20 heavy (non-hydrogen) atoms. The second-order valence-corrected chi connectivity index (χ2v) is 7.54. The van der Waals surface area contributed by atoms with Crippen LogP contribution in [0.15, 0.2) is 27.0 Å². The number of halogens is 1. The van der Waals surface area contributed by atoms with E-state index in [2.05, 4.69) is 36.0 Å². The fraction of sp³-hybridized carbons (Fsp3) is 0.200. The zero-order valence-corrected chi connectivity index (χ0v) is 13.6. The molecule has 0 aliphatic rings. The Hall–Kier alpha value is -1.07. The lowest BCUT2D eigenvalue weighted by atomic mass is 10.5.